The Bertz CT molecular complexity index is 562. The van der Waals surface area contributed by atoms with Crippen molar-refractivity contribution in [2.45, 2.75) is 45.1 Å². The molecule has 0 radical (unpaired) electrons. The summed E-state index contributed by atoms with van der Waals surface area (Å²) in [6.45, 7) is 7.79. The zero-order valence-corrected chi connectivity index (χ0v) is 13.3. The van der Waals surface area contributed by atoms with Gasteiger partial charge in [-0.05, 0) is 36.5 Å². The Morgan fingerprint density at radius 3 is 2.45 bits per heavy atom. The predicted octanol–water partition coefficient (Wildman–Crippen LogP) is 1.65. The highest BCUT2D eigenvalue weighted by molar-refractivity contribution is 7.89. The first kappa shape index (κ1) is 16.9. The average Bonchev–Trinajstić information content (AvgIpc) is 2.23. The van der Waals surface area contributed by atoms with Gasteiger partial charge in [0, 0.05) is 6.54 Å². The van der Waals surface area contributed by atoms with Crippen LogP contribution >= 0.6 is 0 Å². The van der Waals surface area contributed by atoms with E-state index in [1.165, 1.54) is 6.07 Å². The maximum Gasteiger partial charge on any atom is 0.242 e. The van der Waals surface area contributed by atoms with Crippen LogP contribution in [0, 0.1) is 12.3 Å². The molecule has 4 N–H and O–H groups in total. The number of anilines is 1. The van der Waals surface area contributed by atoms with Crippen LogP contribution in [0.25, 0.3) is 0 Å². The Balaban J connectivity index is 2.76. The molecule has 0 spiro atoms. The summed E-state index contributed by atoms with van der Waals surface area (Å²) in [5.41, 5.74) is 6.78. The molecule has 1 aromatic rings. The third kappa shape index (κ3) is 5.11. The van der Waals surface area contributed by atoms with E-state index in [0.717, 1.165) is 5.56 Å². The number of nitrogens with two attached hydrogens (primary N) is 1. The molecule has 5 nitrogen and oxygen atoms in total. The molecular weight excluding hydrogens is 276 g/mol. The summed E-state index contributed by atoms with van der Waals surface area (Å²) in [6.07, 6.45) is -0.213. The van der Waals surface area contributed by atoms with Crippen molar-refractivity contribution in [3.05, 3.63) is 23.8 Å². The molecule has 20 heavy (non-hydrogen) atoms. The number of hydrogen-bond donors (Lipinski definition) is 3. The highest BCUT2D eigenvalue weighted by Gasteiger charge is 2.21. The van der Waals surface area contributed by atoms with E-state index in [9.17, 15) is 13.5 Å². The number of rotatable bonds is 5. The third-order valence-electron chi connectivity index (χ3n) is 2.81. The first-order valence-electron chi connectivity index (χ1n) is 6.55. The molecule has 0 fully saturated rings. The summed E-state index contributed by atoms with van der Waals surface area (Å²) >= 11 is 0. The van der Waals surface area contributed by atoms with Crippen LogP contribution in [0.15, 0.2) is 23.1 Å². The van der Waals surface area contributed by atoms with Crippen LogP contribution in [0.2, 0.25) is 0 Å². The van der Waals surface area contributed by atoms with E-state index >= 15 is 0 Å². The summed E-state index contributed by atoms with van der Waals surface area (Å²) in [5, 5.41) is 9.85. The Morgan fingerprint density at radius 1 is 1.35 bits per heavy atom. The van der Waals surface area contributed by atoms with Gasteiger partial charge in [-0.2, -0.15) is 0 Å². The summed E-state index contributed by atoms with van der Waals surface area (Å²) in [7, 11) is -3.69. The predicted molar refractivity (Wildman–Crippen MR) is 80.9 cm³/mol. The Hall–Kier alpha value is -1.11. The molecule has 0 heterocycles. The Labute approximate surface area is 121 Å². The van der Waals surface area contributed by atoms with E-state index < -0.39 is 16.1 Å². The fourth-order valence-electron chi connectivity index (χ4n) is 1.98. The first-order valence-corrected chi connectivity index (χ1v) is 8.03. The minimum Gasteiger partial charge on any atom is -0.398 e. The van der Waals surface area contributed by atoms with Crippen LogP contribution in [0.3, 0.4) is 0 Å². The Kier molecular flexibility index (Phi) is 5.18. The monoisotopic (exact) mass is 300 g/mol. The van der Waals surface area contributed by atoms with Crippen molar-refractivity contribution in [2.75, 3.05) is 12.3 Å². The molecule has 1 atom stereocenters. The minimum absolute atomic E-state index is 0.0209. The SMILES string of the molecule is Cc1ccc(S(=O)(=O)NCC(O)CC(C)(C)C)c(N)c1. The second-order valence-corrected chi connectivity index (χ2v) is 8.05. The van der Waals surface area contributed by atoms with E-state index in [2.05, 4.69) is 4.72 Å². The van der Waals surface area contributed by atoms with Crippen molar-refractivity contribution in [3.63, 3.8) is 0 Å². The lowest BCUT2D eigenvalue weighted by Gasteiger charge is -2.22. The zero-order chi connectivity index (χ0) is 15.6. The van der Waals surface area contributed by atoms with Gasteiger partial charge in [0.2, 0.25) is 10.0 Å². The lowest BCUT2D eigenvalue weighted by atomic mass is 9.89. The van der Waals surface area contributed by atoms with E-state index in [1.54, 1.807) is 12.1 Å². The molecule has 0 aliphatic rings. The van der Waals surface area contributed by atoms with Gasteiger partial charge >= 0.3 is 0 Å². The van der Waals surface area contributed by atoms with Crippen molar-refractivity contribution < 1.29 is 13.5 Å². The molecule has 0 saturated heterocycles. The molecule has 0 aromatic heterocycles. The number of aryl methyl sites for hydroxylation is 1. The van der Waals surface area contributed by atoms with E-state index in [1.807, 2.05) is 27.7 Å². The van der Waals surface area contributed by atoms with Gasteiger partial charge in [0.05, 0.1) is 11.8 Å². The van der Waals surface area contributed by atoms with Crippen molar-refractivity contribution >= 4 is 15.7 Å². The van der Waals surface area contributed by atoms with Gasteiger partial charge in [0.15, 0.2) is 0 Å². The number of sulfonamides is 1. The summed E-state index contributed by atoms with van der Waals surface area (Å²) in [6, 6.07) is 4.78. The lowest BCUT2D eigenvalue weighted by Crippen LogP contribution is -2.34. The van der Waals surface area contributed by atoms with Gasteiger partial charge in [-0.25, -0.2) is 13.1 Å². The average molecular weight is 300 g/mol. The second kappa shape index (κ2) is 6.11. The summed E-state index contributed by atoms with van der Waals surface area (Å²) in [5.74, 6) is 0. The van der Waals surface area contributed by atoms with Crippen LogP contribution in [0.4, 0.5) is 5.69 Å². The molecule has 0 aliphatic heterocycles. The molecule has 0 bridgehead atoms. The molecule has 1 rings (SSSR count). The van der Waals surface area contributed by atoms with E-state index in [0.29, 0.717) is 6.42 Å². The van der Waals surface area contributed by atoms with Crippen molar-refractivity contribution in [1.82, 2.24) is 4.72 Å². The number of aliphatic hydroxyl groups is 1. The molecule has 0 saturated carbocycles. The molecule has 0 amide bonds. The number of nitrogens with one attached hydrogen (secondary N) is 1. The topological polar surface area (TPSA) is 92.4 Å². The first-order chi connectivity index (χ1) is 9.01. The molecule has 0 aliphatic carbocycles. The fourth-order valence-corrected chi connectivity index (χ4v) is 3.16. The van der Waals surface area contributed by atoms with Gasteiger partial charge in [-0.3, -0.25) is 0 Å². The second-order valence-electron chi connectivity index (χ2n) is 6.31. The largest absolute Gasteiger partial charge is 0.398 e. The molecule has 1 unspecified atom stereocenters. The molecule has 1 aromatic carbocycles. The highest BCUT2D eigenvalue weighted by Crippen LogP contribution is 2.22. The van der Waals surface area contributed by atoms with Gasteiger partial charge in [0.1, 0.15) is 4.90 Å². The highest BCUT2D eigenvalue weighted by atomic mass is 32.2. The zero-order valence-electron chi connectivity index (χ0n) is 12.5. The van der Waals surface area contributed by atoms with Gasteiger partial charge in [0.25, 0.3) is 0 Å². The molecular formula is C14H24N2O3S. The Morgan fingerprint density at radius 2 is 1.95 bits per heavy atom. The van der Waals surface area contributed by atoms with E-state index in [4.69, 9.17) is 5.73 Å². The van der Waals surface area contributed by atoms with E-state index in [-0.39, 0.29) is 22.5 Å². The number of benzene rings is 1. The normalized spacial score (nSPS) is 14.2. The summed E-state index contributed by atoms with van der Waals surface area (Å²) < 4.78 is 26.7. The van der Waals surface area contributed by atoms with Crippen LogP contribution in [-0.4, -0.2) is 26.2 Å². The van der Waals surface area contributed by atoms with Crippen molar-refractivity contribution in [3.8, 4) is 0 Å². The smallest absolute Gasteiger partial charge is 0.242 e. The van der Waals surface area contributed by atoms with Gasteiger partial charge < -0.3 is 10.8 Å². The van der Waals surface area contributed by atoms with Crippen molar-refractivity contribution in [2.24, 2.45) is 5.41 Å². The minimum atomic E-state index is -3.69. The van der Waals surface area contributed by atoms with Crippen LogP contribution < -0.4 is 10.5 Å². The maximum atomic E-state index is 12.1. The number of nitrogen functional groups attached to an aromatic ring is 1. The van der Waals surface area contributed by atoms with Crippen LogP contribution in [0.1, 0.15) is 32.8 Å². The van der Waals surface area contributed by atoms with Crippen LogP contribution in [-0.2, 0) is 10.0 Å². The molecule has 114 valence electrons. The van der Waals surface area contributed by atoms with Gasteiger partial charge in [-0.15, -0.1) is 0 Å². The third-order valence-corrected chi connectivity index (χ3v) is 4.31. The van der Waals surface area contributed by atoms with Crippen LogP contribution in [0.5, 0.6) is 0 Å². The van der Waals surface area contributed by atoms with Gasteiger partial charge in [-0.1, -0.05) is 26.8 Å². The summed E-state index contributed by atoms with van der Waals surface area (Å²) in [4.78, 5) is 0.0473. The standard InChI is InChI=1S/C14H24N2O3S/c1-10-5-6-13(12(15)7-10)20(18,19)16-9-11(17)8-14(2,3)4/h5-7,11,16-17H,8-9,15H2,1-4H3. The van der Waals surface area contributed by atoms with Crippen molar-refractivity contribution in [1.29, 1.82) is 0 Å². The molecule has 6 heteroatoms. The fraction of sp³-hybridized carbons (Fsp3) is 0.571. The number of aliphatic hydroxyl groups excluding tert-OH is 1. The number of hydrogen-bond acceptors (Lipinski definition) is 4. The maximum absolute atomic E-state index is 12.1. The quantitative estimate of drug-likeness (QED) is 0.721. The lowest BCUT2D eigenvalue weighted by molar-refractivity contribution is 0.125.